The van der Waals surface area contributed by atoms with Crippen molar-refractivity contribution < 1.29 is 4.79 Å². The van der Waals surface area contributed by atoms with Crippen molar-refractivity contribution in [2.45, 2.75) is 38.1 Å². The Kier molecular flexibility index (Phi) is 4.20. The zero-order chi connectivity index (χ0) is 14.7. The molecule has 5 nitrogen and oxygen atoms in total. The number of imidazole rings is 1. The van der Waals surface area contributed by atoms with Gasteiger partial charge >= 0.3 is 0 Å². The Morgan fingerprint density at radius 1 is 1.43 bits per heavy atom. The summed E-state index contributed by atoms with van der Waals surface area (Å²) >= 11 is 0. The predicted octanol–water partition coefficient (Wildman–Crippen LogP) is 1.51. The molecule has 2 aromatic heterocycles. The maximum absolute atomic E-state index is 12.2. The summed E-state index contributed by atoms with van der Waals surface area (Å²) in [6.45, 7) is 0.515. The summed E-state index contributed by atoms with van der Waals surface area (Å²) in [4.78, 5) is 16.7. The van der Waals surface area contributed by atoms with Crippen molar-refractivity contribution in [2.75, 3.05) is 6.54 Å². The van der Waals surface area contributed by atoms with Gasteiger partial charge in [-0.3, -0.25) is 4.79 Å². The third kappa shape index (κ3) is 3.24. The van der Waals surface area contributed by atoms with E-state index in [2.05, 4.69) is 10.3 Å². The highest BCUT2D eigenvalue weighted by molar-refractivity contribution is 5.78. The van der Waals surface area contributed by atoms with Crippen molar-refractivity contribution in [1.29, 1.82) is 0 Å². The van der Waals surface area contributed by atoms with Crippen molar-refractivity contribution in [3.63, 3.8) is 0 Å². The lowest BCUT2D eigenvalue weighted by Crippen LogP contribution is -2.45. The van der Waals surface area contributed by atoms with Crippen molar-refractivity contribution >= 4 is 11.6 Å². The zero-order valence-electron chi connectivity index (χ0n) is 12.2. The molecule has 1 aliphatic carbocycles. The molecule has 1 amide bonds. The molecule has 3 rings (SSSR count). The molecular weight excluding hydrogens is 264 g/mol. The fraction of sp³-hybridized carbons (Fsp3) is 0.500. The molecule has 0 saturated heterocycles. The van der Waals surface area contributed by atoms with Crippen LogP contribution in [-0.4, -0.2) is 27.9 Å². The molecule has 2 heterocycles. The van der Waals surface area contributed by atoms with E-state index in [0.29, 0.717) is 18.9 Å². The van der Waals surface area contributed by atoms with Crippen molar-refractivity contribution in [3.05, 3.63) is 36.3 Å². The summed E-state index contributed by atoms with van der Waals surface area (Å²) in [5.74, 6) is 0.556. The maximum atomic E-state index is 12.2. The highest BCUT2D eigenvalue weighted by Crippen LogP contribution is 2.27. The second-order valence-electron chi connectivity index (χ2n) is 5.83. The number of pyridine rings is 1. The molecule has 1 saturated carbocycles. The fourth-order valence-electron chi connectivity index (χ4n) is 3.22. The molecule has 1 atom stereocenters. The van der Waals surface area contributed by atoms with Gasteiger partial charge in [-0.25, -0.2) is 4.98 Å². The minimum absolute atomic E-state index is 0.0146. The lowest BCUT2D eigenvalue weighted by atomic mass is 9.98. The molecule has 2 aromatic rings. The Morgan fingerprint density at radius 3 is 2.95 bits per heavy atom. The Labute approximate surface area is 124 Å². The van der Waals surface area contributed by atoms with Crippen LogP contribution in [0.25, 0.3) is 5.65 Å². The number of nitrogens with one attached hydrogen (secondary N) is 1. The number of aromatic nitrogens is 2. The number of fused-ring (bicyclic) bond motifs is 1. The highest BCUT2D eigenvalue weighted by atomic mass is 16.1. The van der Waals surface area contributed by atoms with E-state index in [1.807, 2.05) is 35.0 Å². The second-order valence-corrected chi connectivity index (χ2v) is 5.83. The summed E-state index contributed by atoms with van der Waals surface area (Å²) in [5, 5.41) is 3.09. The first-order chi connectivity index (χ1) is 10.3. The number of carbonyl (C=O) groups excluding carboxylic acids is 1. The molecular formula is C16H22N4O. The molecule has 0 aromatic carbocycles. The first-order valence-electron chi connectivity index (χ1n) is 7.68. The molecule has 0 bridgehead atoms. The Bertz CT molecular complexity index is 583. The van der Waals surface area contributed by atoms with Crippen LogP contribution in [0.1, 0.15) is 31.4 Å². The molecule has 1 unspecified atom stereocenters. The summed E-state index contributed by atoms with van der Waals surface area (Å²) in [7, 11) is 0. The van der Waals surface area contributed by atoms with Gasteiger partial charge in [-0.1, -0.05) is 18.9 Å². The van der Waals surface area contributed by atoms with Crippen LogP contribution in [0.4, 0.5) is 0 Å². The number of nitrogens with two attached hydrogens (primary N) is 1. The second kappa shape index (κ2) is 6.26. The minimum Gasteiger partial charge on any atom is -0.351 e. The predicted molar refractivity (Wildman–Crippen MR) is 81.8 cm³/mol. The highest BCUT2D eigenvalue weighted by Gasteiger charge is 2.25. The van der Waals surface area contributed by atoms with Crippen molar-refractivity contribution in [3.8, 4) is 0 Å². The maximum Gasteiger partial charge on any atom is 0.226 e. The molecule has 0 radical (unpaired) electrons. The molecule has 1 aliphatic rings. The van der Waals surface area contributed by atoms with Gasteiger partial charge in [0.15, 0.2) is 0 Å². The van der Waals surface area contributed by atoms with E-state index in [9.17, 15) is 4.79 Å². The van der Waals surface area contributed by atoms with Crippen LogP contribution in [0.15, 0.2) is 30.6 Å². The summed E-state index contributed by atoms with van der Waals surface area (Å²) in [6.07, 6.45) is 9.01. The largest absolute Gasteiger partial charge is 0.351 e. The zero-order valence-corrected chi connectivity index (χ0v) is 12.2. The lowest BCUT2D eigenvalue weighted by Gasteiger charge is -2.22. The molecule has 21 heavy (non-hydrogen) atoms. The van der Waals surface area contributed by atoms with E-state index >= 15 is 0 Å². The topological polar surface area (TPSA) is 72.4 Å². The summed E-state index contributed by atoms with van der Waals surface area (Å²) in [6, 6.07) is 5.93. The van der Waals surface area contributed by atoms with Gasteiger partial charge in [-0.2, -0.15) is 0 Å². The Balaban J connectivity index is 1.62. The molecule has 0 aliphatic heterocycles. The van der Waals surface area contributed by atoms with Crippen molar-refractivity contribution in [2.24, 2.45) is 11.7 Å². The number of hydrogen-bond acceptors (Lipinski definition) is 3. The average Bonchev–Trinajstić information content (AvgIpc) is 3.13. The fourth-order valence-corrected chi connectivity index (χ4v) is 3.22. The van der Waals surface area contributed by atoms with E-state index in [-0.39, 0.29) is 11.9 Å². The number of carbonyl (C=O) groups is 1. The van der Waals surface area contributed by atoms with Gasteiger partial charge < -0.3 is 15.5 Å². The molecule has 5 heteroatoms. The van der Waals surface area contributed by atoms with Gasteiger partial charge in [0.25, 0.3) is 0 Å². The van der Waals surface area contributed by atoms with E-state index < -0.39 is 0 Å². The van der Waals surface area contributed by atoms with E-state index in [0.717, 1.165) is 11.3 Å². The van der Waals surface area contributed by atoms with Crippen molar-refractivity contribution in [1.82, 2.24) is 14.7 Å². The van der Waals surface area contributed by atoms with Crippen LogP contribution in [0.5, 0.6) is 0 Å². The first kappa shape index (κ1) is 14.1. The van der Waals surface area contributed by atoms with Crippen LogP contribution in [0.3, 0.4) is 0 Å². The summed E-state index contributed by atoms with van der Waals surface area (Å²) in [5.41, 5.74) is 7.48. The van der Waals surface area contributed by atoms with Crippen LogP contribution in [-0.2, 0) is 11.2 Å². The monoisotopic (exact) mass is 286 g/mol. The van der Waals surface area contributed by atoms with E-state index in [1.165, 1.54) is 25.7 Å². The average molecular weight is 286 g/mol. The third-order valence-corrected chi connectivity index (χ3v) is 4.32. The van der Waals surface area contributed by atoms with Gasteiger partial charge in [0.05, 0.1) is 12.1 Å². The van der Waals surface area contributed by atoms with Crippen LogP contribution in [0.2, 0.25) is 0 Å². The van der Waals surface area contributed by atoms with Gasteiger partial charge in [-0.15, -0.1) is 0 Å². The number of hydrogen-bond donors (Lipinski definition) is 2. The van der Waals surface area contributed by atoms with Crippen LogP contribution < -0.4 is 11.1 Å². The standard InChI is InChI=1S/C16H22N4O/c17-10-14(12-5-1-2-6-12)19-16(21)9-13-11-20-8-4-3-7-15(20)18-13/h3-4,7-8,11-12,14H,1-2,5-6,9-10,17H2,(H,19,21). The van der Waals surface area contributed by atoms with Crippen LogP contribution in [0, 0.1) is 5.92 Å². The molecule has 0 spiro atoms. The molecule has 112 valence electrons. The molecule has 1 fully saturated rings. The third-order valence-electron chi connectivity index (χ3n) is 4.32. The molecule has 3 N–H and O–H groups in total. The minimum atomic E-state index is 0.0146. The van der Waals surface area contributed by atoms with Gasteiger partial charge in [0, 0.05) is 25.0 Å². The number of amides is 1. The van der Waals surface area contributed by atoms with E-state index in [4.69, 9.17) is 5.73 Å². The Hall–Kier alpha value is -1.88. The lowest BCUT2D eigenvalue weighted by molar-refractivity contribution is -0.121. The van der Waals surface area contributed by atoms with Crippen LogP contribution >= 0.6 is 0 Å². The van der Waals surface area contributed by atoms with Gasteiger partial charge in [-0.05, 0) is 30.9 Å². The quantitative estimate of drug-likeness (QED) is 0.875. The smallest absolute Gasteiger partial charge is 0.226 e. The Morgan fingerprint density at radius 2 is 2.24 bits per heavy atom. The first-order valence-corrected chi connectivity index (χ1v) is 7.68. The number of rotatable bonds is 5. The van der Waals surface area contributed by atoms with E-state index in [1.54, 1.807) is 0 Å². The number of nitrogens with zero attached hydrogens (tertiary/aromatic N) is 2. The van der Waals surface area contributed by atoms with Gasteiger partial charge in [0.1, 0.15) is 5.65 Å². The SMILES string of the molecule is NCC(NC(=O)Cc1cn2ccccc2n1)C1CCCC1. The summed E-state index contributed by atoms with van der Waals surface area (Å²) < 4.78 is 1.93. The van der Waals surface area contributed by atoms with Gasteiger partial charge in [0.2, 0.25) is 5.91 Å². The normalized spacial score (nSPS) is 17.2.